The van der Waals surface area contributed by atoms with Crippen molar-refractivity contribution >= 4 is 0 Å². The largest absolute Gasteiger partial charge is 0.329 e. The van der Waals surface area contributed by atoms with E-state index in [9.17, 15) is 0 Å². The molecule has 1 aliphatic rings. The molecule has 118 valence electrons. The number of likely N-dealkylation sites (N-methyl/N-ethyl adjacent to an activating group) is 2. The molecule has 1 atom stereocenters. The molecule has 3 nitrogen and oxygen atoms in total. The number of nitrogens with two attached hydrogens (primary N) is 1. The molecular formula is C18H31N3. The first kappa shape index (κ1) is 16.5. The van der Waals surface area contributed by atoms with E-state index >= 15 is 0 Å². The quantitative estimate of drug-likeness (QED) is 0.836. The molecule has 3 heteroatoms. The lowest BCUT2D eigenvalue weighted by atomic mass is 9.74. The standard InChI is InChI=1S/C18H31N3/c1-17(14-19,13-16-9-6-5-7-10-16)21(4)15-18(20(2)3)11-8-12-18/h5-7,9-10H,8,11-15,19H2,1-4H3. The fourth-order valence-corrected chi connectivity index (χ4v) is 3.36. The number of benzene rings is 1. The van der Waals surface area contributed by atoms with Gasteiger partial charge in [0, 0.05) is 24.2 Å². The zero-order valence-corrected chi connectivity index (χ0v) is 14.1. The van der Waals surface area contributed by atoms with Gasteiger partial charge in [0.2, 0.25) is 0 Å². The Morgan fingerprint density at radius 3 is 2.19 bits per heavy atom. The fourth-order valence-electron chi connectivity index (χ4n) is 3.36. The van der Waals surface area contributed by atoms with Gasteiger partial charge in [-0.25, -0.2) is 0 Å². The molecule has 1 aromatic carbocycles. The summed E-state index contributed by atoms with van der Waals surface area (Å²) in [6.45, 7) is 4.07. The van der Waals surface area contributed by atoms with Crippen molar-refractivity contribution in [3.63, 3.8) is 0 Å². The van der Waals surface area contributed by atoms with Gasteiger partial charge in [-0.2, -0.15) is 0 Å². The summed E-state index contributed by atoms with van der Waals surface area (Å²) in [5.74, 6) is 0. The zero-order valence-electron chi connectivity index (χ0n) is 14.1. The van der Waals surface area contributed by atoms with Crippen molar-refractivity contribution in [3.05, 3.63) is 35.9 Å². The maximum Gasteiger partial charge on any atom is 0.0341 e. The Morgan fingerprint density at radius 1 is 1.14 bits per heavy atom. The average Bonchev–Trinajstić information content (AvgIpc) is 2.43. The Balaban J connectivity index is 2.08. The molecule has 0 bridgehead atoms. The fraction of sp³-hybridized carbons (Fsp3) is 0.667. The van der Waals surface area contributed by atoms with E-state index in [2.05, 4.69) is 68.2 Å². The van der Waals surface area contributed by atoms with Crippen molar-refractivity contribution in [2.45, 2.75) is 43.7 Å². The Morgan fingerprint density at radius 2 is 1.76 bits per heavy atom. The van der Waals surface area contributed by atoms with Gasteiger partial charge in [-0.1, -0.05) is 30.3 Å². The molecule has 0 heterocycles. The third kappa shape index (κ3) is 3.47. The van der Waals surface area contributed by atoms with Crippen LogP contribution in [0.2, 0.25) is 0 Å². The second-order valence-electron chi connectivity index (χ2n) is 7.19. The number of rotatable bonds is 7. The van der Waals surface area contributed by atoms with Crippen molar-refractivity contribution < 1.29 is 0 Å². The van der Waals surface area contributed by atoms with Crippen LogP contribution in [0.4, 0.5) is 0 Å². The molecule has 0 radical (unpaired) electrons. The smallest absolute Gasteiger partial charge is 0.0341 e. The molecule has 21 heavy (non-hydrogen) atoms. The minimum atomic E-state index is 0.0138. The van der Waals surface area contributed by atoms with Crippen molar-refractivity contribution in [2.24, 2.45) is 5.73 Å². The van der Waals surface area contributed by atoms with Gasteiger partial charge in [-0.3, -0.25) is 4.90 Å². The maximum absolute atomic E-state index is 6.15. The van der Waals surface area contributed by atoms with Crippen LogP contribution in [0.1, 0.15) is 31.7 Å². The highest BCUT2D eigenvalue weighted by Gasteiger charge is 2.42. The van der Waals surface area contributed by atoms with Crippen LogP contribution in [0.15, 0.2) is 30.3 Å². The molecular weight excluding hydrogens is 258 g/mol. The van der Waals surface area contributed by atoms with Gasteiger partial charge in [-0.15, -0.1) is 0 Å². The van der Waals surface area contributed by atoms with Crippen LogP contribution in [0.5, 0.6) is 0 Å². The molecule has 0 aliphatic heterocycles. The number of hydrogen-bond acceptors (Lipinski definition) is 3. The minimum absolute atomic E-state index is 0.0138. The molecule has 0 saturated heterocycles. The van der Waals surface area contributed by atoms with Crippen LogP contribution in [0.3, 0.4) is 0 Å². The summed E-state index contributed by atoms with van der Waals surface area (Å²) in [6.07, 6.45) is 4.96. The van der Waals surface area contributed by atoms with E-state index in [4.69, 9.17) is 5.73 Å². The second kappa shape index (κ2) is 6.47. The summed E-state index contributed by atoms with van der Waals surface area (Å²) in [4.78, 5) is 4.89. The maximum atomic E-state index is 6.15. The van der Waals surface area contributed by atoms with Crippen LogP contribution in [-0.4, -0.2) is 55.1 Å². The lowest BCUT2D eigenvalue weighted by molar-refractivity contribution is -0.00312. The molecule has 1 aliphatic carbocycles. The summed E-state index contributed by atoms with van der Waals surface area (Å²) in [5, 5.41) is 0. The van der Waals surface area contributed by atoms with Gasteiger partial charge in [0.05, 0.1) is 0 Å². The first-order chi connectivity index (χ1) is 9.92. The summed E-state index contributed by atoms with van der Waals surface area (Å²) in [6, 6.07) is 10.7. The third-order valence-corrected chi connectivity index (χ3v) is 5.55. The normalized spacial score (nSPS) is 20.3. The molecule has 0 amide bonds. The highest BCUT2D eigenvalue weighted by Crippen LogP contribution is 2.38. The second-order valence-corrected chi connectivity index (χ2v) is 7.19. The summed E-state index contributed by atoms with van der Waals surface area (Å²) in [7, 11) is 6.66. The topological polar surface area (TPSA) is 32.5 Å². The van der Waals surface area contributed by atoms with Crippen molar-refractivity contribution in [1.29, 1.82) is 0 Å². The zero-order chi connectivity index (χ0) is 15.5. The van der Waals surface area contributed by atoms with Gasteiger partial charge in [0.25, 0.3) is 0 Å². The Kier molecular flexibility index (Phi) is 5.07. The first-order valence-electron chi connectivity index (χ1n) is 8.05. The number of nitrogens with zero attached hydrogens (tertiary/aromatic N) is 2. The van der Waals surface area contributed by atoms with Gasteiger partial charge in [0.15, 0.2) is 0 Å². The van der Waals surface area contributed by atoms with Gasteiger partial charge < -0.3 is 10.6 Å². The van der Waals surface area contributed by atoms with Crippen LogP contribution < -0.4 is 5.73 Å². The van der Waals surface area contributed by atoms with Crippen LogP contribution >= 0.6 is 0 Å². The van der Waals surface area contributed by atoms with E-state index < -0.39 is 0 Å². The monoisotopic (exact) mass is 289 g/mol. The van der Waals surface area contributed by atoms with Crippen molar-refractivity contribution in [2.75, 3.05) is 34.2 Å². The molecule has 1 unspecified atom stereocenters. The highest BCUT2D eigenvalue weighted by atomic mass is 15.3. The molecule has 1 aromatic rings. The van der Waals surface area contributed by atoms with Crippen LogP contribution in [-0.2, 0) is 6.42 Å². The third-order valence-electron chi connectivity index (χ3n) is 5.55. The SMILES string of the molecule is CN(CC1(N(C)C)CCC1)C(C)(CN)Cc1ccccc1. The van der Waals surface area contributed by atoms with E-state index in [0.717, 1.165) is 13.0 Å². The van der Waals surface area contributed by atoms with E-state index in [1.807, 2.05) is 0 Å². The Hall–Kier alpha value is -0.900. The number of hydrogen-bond donors (Lipinski definition) is 1. The Labute approximate surface area is 130 Å². The van der Waals surface area contributed by atoms with E-state index in [1.165, 1.54) is 24.8 Å². The van der Waals surface area contributed by atoms with Gasteiger partial charge in [-0.05, 0) is 59.3 Å². The molecule has 1 fully saturated rings. The van der Waals surface area contributed by atoms with Gasteiger partial charge >= 0.3 is 0 Å². The molecule has 0 aromatic heterocycles. The minimum Gasteiger partial charge on any atom is -0.329 e. The Bertz CT molecular complexity index is 439. The molecule has 2 N–H and O–H groups in total. The average molecular weight is 289 g/mol. The lowest BCUT2D eigenvalue weighted by Gasteiger charge is -2.52. The summed E-state index contributed by atoms with van der Waals surface area (Å²) >= 11 is 0. The molecule has 2 rings (SSSR count). The molecule has 1 saturated carbocycles. The molecule has 0 spiro atoms. The first-order valence-corrected chi connectivity index (χ1v) is 8.05. The van der Waals surface area contributed by atoms with E-state index in [1.54, 1.807) is 0 Å². The predicted molar refractivity (Wildman–Crippen MR) is 90.5 cm³/mol. The van der Waals surface area contributed by atoms with Crippen LogP contribution in [0.25, 0.3) is 0 Å². The van der Waals surface area contributed by atoms with Crippen LogP contribution in [0, 0.1) is 0 Å². The van der Waals surface area contributed by atoms with E-state index in [-0.39, 0.29) is 5.54 Å². The summed E-state index contributed by atoms with van der Waals surface area (Å²) in [5.41, 5.74) is 7.88. The van der Waals surface area contributed by atoms with E-state index in [0.29, 0.717) is 12.1 Å². The van der Waals surface area contributed by atoms with Crippen molar-refractivity contribution in [1.82, 2.24) is 9.80 Å². The lowest BCUT2D eigenvalue weighted by Crippen LogP contribution is -2.62. The predicted octanol–water partition coefficient (Wildman–Crippen LogP) is 2.36. The van der Waals surface area contributed by atoms with Crippen molar-refractivity contribution in [3.8, 4) is 0 Å². The highest BCUT2D eigenvalue weighted by molar-refractivity contribution is 5.18. The summed E-state index contributed by atoms with van der Waals surface area (Å²) < 4.78 is 0. The van der Waals surface area contributed by atoms with Gasteiger partial charge in [0.1, 0.15) is 0 Å².